The highest BCUT2D eigenvalue weighted by Crippen LogP contribution is 2.15. The number of aromatic nitrogens is 1. The Balaban J connectivity index is 1.92. The fourth-order valence-electron chi connectivity index (χ4n) is 2.41. The van der Waals surface area contributed by atoms with E-state index in [1.165, 1.54) is 12.3 Å². The number of nitrogens with zero attached hydrogens (tertiary/aromatic N) is 2. The molecule has 2 rings (SSSR count). The van der Waals surface area contributed by atoms with Gasteiger partial charge in [0.05, 0.1) is 5.56 Å². The van der Waals surface area contributed by atoms with E-state index >= 15 is 0 Å². The van der Waals surface area contributed by atoms with Gasteiger partial charge in [-0.05, 0) is 38.4 Å². The number of nitrogens with two attached hydrogens (primary N) is 1. The van der Waals surface area contributed by atoms with Gasteiger partial charge in [0, 0.05) is 19.3 Å². The number of anilines is 1. The Hall–Kier alpha value is -1.69. The monoisotopic (exact) mass is 266 g/mol. The van der Waals surface area contributed by atoms with Crippen LogP contribution in [0.4, 0.5) is 10.2 Å². The molecule has 0 saturated carbocycles. The molecule has 5 nitrogen and oxygen atoms in total. The van der Waals surface area contributed by atoms with Crippen LogP contribution >= 0.6 is 0 Å². The summed E-state index contributed by atoms with van der Waals surface area (Å²) in [4.78, 5) is 17.7. The first-order chi connectivity index (χ1) is 9.08. The van der Waals surface area contributed by atoms with Crippen molar-refractivity contribution in [2.45, 2.75) is 12.8 Å². The Morgan fingerprint density at radius 3 is 3.21 bits per heavy atom. The second kappa shape index (κ2) is 5.97. The van der Waals surface area contributed by atoms with Gasteiger partial charge in [-0.1, -0.05) is 0 Å². The average Bonchev–Trinajstić information content (AvgIpc) is 2.39. The lowest BCUT2D eigenvalue weighted by Gasteiger charge is -2.29. The van der Waals surface area contributed by atoms with E-state index in [0.717, 1.165) is 25.9 Å². The fourth-order valence-corrected chi connectivity index (χ4v) is 2.41. The summed E-state index contributed by atoms with van der Waals surface area (Å²) in [5, 5.41) is 2.77. The molecule has 1 fully saturated rings. The predicted molar refractivity (Wildman–Crippen MR) is 71.2 cm³/mol. The van der Waals surface area contributed by atoms with Crippen molar-refractivity contribution in [3.8, 4) is 0 Å². The van der Waals surface area contributed by atoms with E-state index in [4.69, 9.17) is 5.73 Å². The summed E-state index contributed by atoms with van der Waals surface area (Å²) < 4.78 is 13.6. The Morgan fingerprint density at radius 2 is 2.47 bits per heavy atom. The third kappa shape index (κ3) is 3.41. The van der Waals surface area contributed by atoms with Crippen LogP contribution in [0, 0.1) is 11.7 Å². The van der Waals surface area contributed by atoms with Crippen LogP contribution in [0.25, 0.3) is 0 Å². The summed E-state index contributed by atoms with van der Waals surface area (Å²) in [5.41, 5.74) is 5.30. The van der Waals surface area contributed by atoms with E-state index in [1.54, 1.807) is 0 Å². The van der Waals surface area contributed by atoms with Gasteiger partial charge >= 0.3 is 0 Å². The minimum absolute atomic E-state index is 0.0448. The van der Waals surface area contributed by atoms with Crippen LogP contribution in [0.2, 0.25) is 0 Å². The molecule has 1 amide bonds. The van der Waals surface area contributed by atoms with Crippen LogP contribution in [-0.4, -0.2) is 42.5 Å². The summed E-state index contributed by atoms with van der Waals surface area (Å²) in [7, 11) is 2.07. The van der Waals surface area contributed by atoms with Gasteiger partial charge in [0.25, 0.3) is 5.91 Å². The van der Waals surface area contributed by atoms with Gasteiger partial charge in [-0.25, -0.2) is 9.37 Å². The standard InChI is InChI=1S/C13H19FN4O/c1-18-6-2-3-9(8-18)7-17-13(19)10-4-5-16-12(15)11(10)14/h4-5,9H,2-3,6-8H2,1H3,(H2,15,16)(H,17,19). The van der Waals surface area contributed by atoms with E-state index < -0.39 is 11.7 Å². The predicted octanol–water partition coefficient (Wildman–Crippen LogP) is 0.875. The van der Waals surface area contributed by atoms with Crippen molar-refractivity contribution in [3.05, 3.63) is 23.6 Å². The molecule has 19 heavy (non-hydrogen) atoms. The molecule has 3 N–H and O–H groups in total. The highest BCUT2D eigenvalue weighted by Gasteiger charge is 2.19. The van der Waals surface area contributed by atoms with Gasteiger partial charge in [0.2, 0.25) is 0 Å². The molecular formula is C13H19FN4O. The Kier molecular flexibility index (Phi) is 4.31. The number of amides is 1. The first-order valence-corrected chi connectivity index (χ1v) is 6.44. The van der Waals surface area contributed by atoms with Gasteiger partial charge in [0.15, 0.2) is 11.6 Å². The number of nitrogens with one attached hydrogen (secondary N) is 1. The number of carbonyl (C=O) groups excluding carboxylic acids is 1. The van der Waals surface area contributed by atoms with Gasteiger partial charge in [-0.2, -0.15) is 0 Å². The number of likely N-dealkylation sites (tertiary alicyclic amines) is 1. The molecule has 6 heteroatoms. The van der Waals surface area contributed by atoms with E-state index in [9.17, 15) is 9.18 Å². The number of carbonyl (C=O) groups is 1. The highest BCUT2D eigenvalue weighted by molar-refractivity contribution is 5.95. The topological polar surface area (TPSA) is 71.2 Å². The van der Waals surface area contributed by atoms with Crippen molar-refractivity contribution >= 4 is 11.7 Å². The van der Waals surface area contributed by atoms with E-state index in [0.29, 0.717) is 12.5 Å². The van der Waals surface area contributed by atoms with Crippen LogP contribution in [-0.2, 0) is 0 Å². The van der Waals surface area contributed by atoms with E-state index in [-0.39, 0.29) is 11.4 Å². The van der Waals surface area contributed by atoms with Gasteiger partial charge in [-0.15, -0.1) is 0 Å². The quantitative estimate of drug-likeness (QED) is 0.851. The van der Waals surface area contributed by atoms with Gasteiger partial charge < -0.3 is 16.0 Å². The summed E-state index contributed by atoms with van der Waals surface area (Å²) >= 11 is 0. The minimum Gasteiger partial charge on any atom is -0.381 e. The number of nitrogen functional groups attached to an aromatic ring is 1. The number of rotatable bonds is 3. The molecule has 0 bridgehead atoms. The number of hydrogen-bond acceptors (Lipinski definition) is 4. The van der Waals surface area contributed by atoms with Gasteiger partial charge in [-0.3, -0.25) is 4.79 Å². The van der Waals surface area contributed by atoms with Crippen molar-refractivity contribution in [2.75, 3.05) is 32.4 Å². The fraction of sp³-hybridized carbons (Fsp3) is 0.538. The normalized spacial score (nSPS) is 20.2. The maximum absolute atomic E-state index is 13.6. The molecule has 1 aromatic heterocycles. The first-order valence-electron chi connectivity index (χ1n) is 6.44. The largest absolute Gasteiger partial charge is 0.381 e. The molecule has 2 heterocycles. The molecule has 1 unspecified atom stereocenters. The van der Waals surface area contributed by atoms with Crippen LogP contribution in [0.1, 0.15) is 23.2 Å². The highest BCUT2D eigenvalue weighted by atomic mass is 19.1. The first kappa shape index (κ1) is 13.7. The van der Waals surface area contributed by atoms with Crippen molar-refractivity contribution < 1.29 is 9.18 Å². The second-order valence-electron chi connectivity index (χ2n) is 5.04. The zero-order valence-electron chi connectivity index (χ0n) is 11.0. The molecule has 1 atom stereocenters. The summed E-state index contributed by atoms with van der Waals surface area (Å²) in [5.74, 6) is -1.00. The molecule has 1 aliphatic rings. The molecule has 104 valence electrons. The SMILES string of the molecule is CN1CCCC(CNC(=O)c2ccnc(N)c2F)C1. The number of halogens is 1. The molecule has 1 saturated heterocycles. The van der Waals surface area contributed by atoms with Crippen molar-refractivity contribution in [2.24, 2.45) is 5.92 Å². The summed E-state index contributed by atoms with van der Waals surface area (Å²) in [6.07, 6.45) is 3.56. The van der Waals surface area contributed by atoms with Crippen LogP contribution in [0.15, 0.2) is 12.3 Å². The second-order valence-corrected chi connectivity index (χ2v) is 5.04. The zero-order valence-corrected chi connectivity index (χ0v) is 11.0. The van der Waals surface area contributed by atoms with Crippen molar-refractivity contribution in [1.82, 2.24) is 15.2 Å². The lowest BCUT2D eigenvalue weighted by Crippen LogP contribution is -2.39. The zero-order chi connectivity index (χ0) is 13.8. The number of piperidine rings is 1. The third-order valence-electron chi connectivity index (χ3n) is 3.43. The van der Waals surface area contributed by atoms with Crippen LogP contribution < -0.4 is 11.1 Å². The Labute approximate surface area is 112 Å². The Bertz CT molecular complexity index is 466. The van der Waals surface area contributed by atoms with E-state index in [2.05, 4.69) is 22.2 Å². The third-order valence-corrected chi connectivity index (χ3v) is 3.43. The van der Waals surface area contributed by atoms with E-state index in [1.807, 2.05) is 0 Å². The number of pyridine rings is 1. The number of hydrogen-bond donors (Lipinski definition) is 2. The smallest absolute Gasteiger partial charge is 0.254 e. The molecule has 1 aliphatic heterocycles. The van der Waals surface area contributed by atoms with Crippen LogP contribution in [0.5, 0.6) is 0 Å². The molecule has 1 aromatic rings. The lowest BCUT2D eigenvalue weighted by atomic mass is 9.98. The minimum atomic E-state index is -0.749. The lowest BCUT2D eigenvalue weighted by molar-refractivity contribution is 0.0932. The van der Waals surface area contributed by atoms with Crippen molar-refractivity contribution in [1.29, 1.82) is 0 Å². The molecule has 0 radical (unpaired) electrons. The van der Waals surface area contributed by atoms with Gasteiger partial charge in [0.1, 0.15) is 0 Å². The van der Waals surface area contributed by atoms with Crippen LogP contribution in [0.3, 0.4) is 0 Å². The average molecular weight is 266 g/mol. The maximum Gasteiger partial charge on any atom is 0.254 e. The maximum atomic E-state index is 13.6. The summed E-state index contributed by atoms with van der Waals surface area (Å²) in [6, 6.07) is 1.34. The van der Waals surface area contributed by atoms with Crippen molar-refractivity contribution in [3.63, 3.8) is 0 Å². The molecule has 0 aliphatic carbocycles. The molecule has 0 aromatic carbocycles. The molecule has 0 spiro atoms. The Morgan fingerprint density at radius 1 is 1.68 bits per heavy atom. The summed E-state index contributed by atoms with van der Waals surface area (Å²) in [6.45, 7) is 2.62. The molecular weight excluding hydrogens is 247 g/mol.